The molecule has 0 N–H and O–H groups in total. The molecule has 2 aromatic rings. The molecule has 20 heavy (non-hydrogen) atoms. The minimum Gasteiger partial charge on any atom is -0.456 e. The van der Waals surface area contributed by atoms with E-state index in [-0.39, 0.29) is 5.69 Å². The molecule has 0 radical (unpaired) electrons. The van der Waals surface area contributed by atoms with E-state index in [2.05, 4.69) is 0 Å². The van der Waals surface area contributed by atoms with Gasteiger partial charge in [0.05, 0.1) is 10.5 Å². The Morgan fingerprint density at radius 3 is 2.55 bits per heavy atom. The zero-order valence-corrected chi connectivity index (χ0v) is 11.3. The van der Waals surface area contributed by atoms with Gasteiger partial charge in [-0.25, -0.2) is 0 Å². The van der Waals surface area contributed by atoms with Gasteiger partial charge in [0.25, 0.3) is 5.69 Å². The topological polar surface area (TPSA) is 69.4 Å². The smallest absolute Gasteiger partial charge is 0.269 e. The van der Waals surface area contributed by atoms with Crippen LogP contribution in [0.15, 0.2) is 36.4 Å². The summed E-state index contributed by atoms with van der Waals surface area (Å²) in [4.78, 5) is 21.1. The van der Waals surface area contributed by atoms with Crippen molar-refractivity contribution in [2.45, 2.75) is 6.92 Å². The van der Waals surface area contributed by atoms with Crippen molar-refractivity contribution < 1.29 is 14.5 Å². The summed E-state index contributed by atoms with van der Waals surface area (Å²) in [6.45, 7) is 1.69. The molecule has 5 nitrogen and oxygen atoms in total. The Morgan fingerprint density at radius 1 is 1.20 bits per heavy atom. The van der Waals surface area contributed by atoms with Crippen LogP contribution in [0.5, 0.6) is 11.5 Å². The summed E-state index contributed by atoms with van der Waals surface area (Å²) in [5.74, 6) is 0.741. The maximum atomic E-state index is 10.9. The van der Waals surface area contributed by atoms with Gasteiger partial charge in [-0.2, -0.15) is 0 Å². The molecule has 0 heterocycles. The highest BCUT2D eigenvalue weighted by atomic mass is 35.5. The number of hydrogen-bond donors (Lipinski definition) is 0. The Hall–Kier alpha value is -2.40. The van der Waals surface area contributed by atoms with Crippen molar-refractivity contribution in [1.82, 2.24) is 0 Å². The first-order valence-corrected chi connectivity index (χ1v) is 6.06. The highest BCUT2D eigenvalue weighted by Gasteiger charge is 2.11. The van der Waals surface area contributed by atoms with Gasteiger partial charge in [0.2, 0.25) is 0 Å². The summed E-state index contributed by atoms with van der Waals surface area (Å²) in [5.41, 5.74) is 0.930. The fourth-order valence-corrected chi connectivity index (χ4v) is 1.84. The standard InChI is InChI=1S/C14H10ClNO4/c1-9-6-12(16(18)19)4-5-13(9)20-14-7-11(15)3-2-10(14)8-17/h2-8H,1H3. The lowest BCUT2D eigenvalue weighted by Crippen LogP contribution is -1.94. The first kappa shape index (κ1) is 14.0. The van der Waals surface area contributed by atoms with Gasteiger partial charge in [-0.3, -0.25) is 14.9 Å². The van der Waals surface area contributed by atoms with E-state index in [9.17, 15) is 14.9 Å². The second kappa shape index (κ2) is 5.71. The van der Waals surface area contributed by atoms with Crippen LogP contribution in [0.4, 0.5) is 5.69 Å². The van der Waals surface area contributed by atoms with E-state index in [1.807, 2.05) is 0 Å². The number of carbonyl (C=O) groups excluding carboxylic acids is 1. The van der Waals surface area contributed by atoms with Crippen molar-refractivity contribution in [2.75, 3.05) is 0 Å². The zero-order valence-electron chi connectivity index (χ0n) is 10.5. The average Bonchev–Trinajstić information content (AvgIpc) is 2.41. The van der Waals surface area contributed by atoms with Crippen molar-refractivity contribution in [2.24, 2.45) is 0 Å². The summed E-state index contributed by atoms with van der Waals surface area (Å²) in [7, 11) is 0. The Balaban J connectivity index is 2.37. The van der Waals surface area contributed by atoms with Gasteiger partial charge in [0, 0.05) is 23.2 Å². The van der Waals surface area contributed by atoms with Gasteiger partial charge in [-0.1, -0.05) is 11.6 Å². The molecule has 0 amide bonds. The first-order chi connectivity index (χ1) is 9.51. The second-order valence-corrected chi connectivity index (χ2v) is 4.55. The number of nitro groups is 1. The number of nitro benzene ring substituents is 1. The summed E-state index contributed by atoms with van der Waals surface area (Å²) >= 11 is 5.86. The number of aryl methyl sites for hydroxylation is 1. The van der Waals surface area contributed by atoms with Gasteiger partial charge >= 0.3 is 0 Å². The molecule has 0 aromatic heterocycles. The molecule has 0 atom stereocenters. The highest BCUT2D eigenvalue weighted by Crippen LogP contribution is 2.31. The van der Waals surface area contributed by atoms with Crippen molar-refractivity contribution in [1.29, 1.82) is 0 Å². The van der Waals surface area contributed by atoms with Crippen LogP contribution >= 0.6 is 11.6 Å². The van der Waals surface area contributed by atoms with E-state index >= 15 is 0 Å². The van der Waals surface area contributed by atoms with E-state index in [0.29, 0.717) is 33.9 Å². The molecule has 2 aromatic carbocycles. The molecule has 0 aliphatic carbocycles. The van der Waals surface area contributed by atoms with Gasteiger partial charge in [0.15, 0.2) is 6.29 Å². The van der Waals surface area contributed by atoms with E-state index in [1.54, 1.807) is 19.1 Å². The molecule has 2 rings (SSSR count). The quantitative estimate of drug-likeness (QED) is 0.482. The van der Waals surface area contributed by atoms with Crippen LogP contribution < -0.4 is 4.74 Å². The molecule has 0 saturated carbocycles. The van der Waals surface area contributed by atoms with Crippen molar-refractivity contribution in [3.05, 3.63) is 62.7 Å². The Morgan fingerprint density at radius 2 is 1.95 bits per heavy atom. The number of nitrogens with zero attached hydrogens (tertiary/aromatic N) is 1. The molecule has 0 spiro atoms. The van der Waals surface area contributed by atoms with Crippen LogP contribution in [-0.2, 0) is 0 Å². The fourth-order valence-electron chi connectivity index (χ4n) is 1.67. The second-order valence-electron chi connectivity index (χ2n) is 4.11. The van der Waals surface area contributed by atoms with Crippen LogP contribution in [-0.4, -0.2) is 11.2 Å². The molecule has 0 saturated heterocycles. The number of hydrogen-bond acceptors (Lipinski definition) is 4. The molecule has 0 aliphatic rings. The Bertz CT molecular complexity index is 685. The molecule has 102 valence electrons. The summed E-state index contributed by atoms with van der Waals surface area (Å²) < 4.78 is 5.61. The number of halogens is 1. The fraction of sp³-hybridized carbons (Fsp3) is 0.0714. The summed E-state index contributed by atoms with van der Waals surface area (Å²) in [6.07, 6.45) is 0.659. The maximum Gasteiger partial charge on any atom is 0.269 e. The third kappa shape index (κ3) is 2.95. The number of non-ortho nitro benzene ring substituents is 1. The predicted octanol–water partition coefficient (Wildman–Crippen LogP) is 4.16. The van der Waals surface area contributed by atoms with Gasteiger partial charge < -0.3 is 4.74 Å². The third-order valence-electron chi connectivity index (χ3n) is 2.69. The van der Waals surface area contributed by atoms with Gasteiger partial charge in [0.1, 0.15) is 11.5 Å². The lowest BCUT2D eigenvalue weighted by Gasteiger charge is -2.10. The van der Waals surface area contributed by atoms with Crippen LogP contribution in [0.2, 0.25) is 5.02 Å². The molecule has 0 unspecified atom stereocenters. The lowest BCUT2D eigenvalue weighted by atomic mass is 10.2. The van der Waals surface area contributed by atoms with E-state index in [1.165, 1.54) is 24.3 Å². The molecule has 0 fully saturated rings. The lowest BCUT2D eigenvalue weighted by molar-refractivity contribution is -0.384. The van der Waals surface area contributed by atoms with Gasteiger partial charge in [-0.05, 0) is 30.7 Å². The SMILES string of the molecule is Cc1cc([N+](=O)[O-])ccc1Oc1cc(Cl)ccc1C=O. The molecular formula is C14H10ClNO4. The van der Waals surface area contributed by atoms with Crippen molar-refractivity contribution >= 4 is 23.6 Å². The summed E-state index contributed by atoms with van der Waals surface area (Å²) in [5, 5.41) is 11.1. The Kier molecular flexibility index (Phi) is 4.00. The van der Waals surface area contributed by atoms with Crippen LogP contribution in [0, 0.1) is 17.0 Å². The molecular weight excluding hydrogens is 282 g/mol. The Labute approximate surface area is 119 Å². The number of aldehydes is 1. The van der Waals surface area contributed by atoms with Crippen LogP contribution in [0.1, 0.15) is 15.9 Å². The number of ether oxygens (including phenoxy) is 1. The number of benzene rings is 2. The van der Waals surface area contributed by atoms with E-state index in [4.69, 9.17) is 16.3 Å². The van der Waals surface area contributed by atoms with Crippen LogP contribution in [0.3, 0.4) is 0 Å². The molecule has 0 aliphatic heterocycles. The largest absolute Gasteiger partial charge is 0.456 e. The van der Waals surface area contributed by atoms with Crippen molar-refractivity contribution in [3.63, 3.8) is 0 Å². The zero-order chi connectivity index (χ0) is 14.7. The minimum atomic E-state index is -0.479. The third-order valence-corrected chi connectivity index (χ3v) is 2.93. The number of carbonyl (C=O) groups is 1. The first-order valence-electron chi connectivity index (χ1n) is 5.69. The predicted molar refractivity (Wildman–Crippen MR) is 74.7 cm³/mol. The maximum absolute atomic E-state index is 10.9. The minimum absolute atomic E-state index is 0.0171. The summed E-state index contributed by atoms with van der Waals surface area (Å²) in [6, 6.07) is 8.88. The van der Waals surface area contributed by atoms with Crippen molar-refractivity contribution in [3.8, 4) is 11.5 Å². The van der Waals surface area contributed by atoms with E-state index < -0.39 is 4.92 Å². The average molecular weight is 292 g/mol. The molecule has 6 heteroatoms. The molecule has 0 bridgehead atoms. The van der Waals surface area contributed by atoms with Gasteiger partial charge in [-0.15, -0.1) is 0 Å². The highest BCUT2D eigenvalue weighted by molar-refractivity contribution is 6.30. The van der Waals surface area contributed by atoms with Crippen LogP contribution in [0.25, 0.3) is 0 Å². The normalized spacial score (nSPS) is 10.1. The monoisotopic (exact) mass is 291 g/mol. The van der Waals surface area contributed by atoms with E-state index in [0.717, 1.165) is 0 Å². The number of rotatable bonds is 4.